The van der Waals surface area contributed by atoms with Crippen molar-refractivity contribution in [2.75, 3.05) is 5.32 Å². The van der Waals surface area contributed by atoms with E-state index < -0.39 is 29.4 Å². The second-order valence-electron chi connectivity index (χ2n) is 6.32. The van der Waals surface area contributed by atoms with Crippen molar-refractivity contribution < 1.29 is 27.5 Å². The molecule has 1 heterocycles. The number of pyridine rings is 1. The van der Waals surface area contributed by atoms with E-state index in [1.807, 2.05) is 5.32 Å². The highest BCUT2D eigenvalue weighted by atomic mass is 35.5. The smallest absolute Gasteiger partial charge is 0.420 e. The monoisotopic (exact) mass is 494 g/mol. The first kappa shape index (κ1) is 23.8. The second-order valence-corrected chi connectivity index (χ2v) is 7.14. The largest absolute Gasteiger partial charge is 0.437 e. The number of halogens is 5. The van der Waals surface area contributed by atoms with Crippen LogP contribution in [0.1, 0.15) is 21.5 Å². The highest BCUT2D eigenvalue weighted by Gasteiger charge is 2.35. The molecular formula is C21H11Cl2F3N4O3. The number of carbonyl (C=O) groups is 2. The molecule has 2 N–H and O–H groups in total. The standard InChI is InChI=1S/C21H11Cl2F3N4O3/c22-15-4-2-1-3-13(15)18(31)30-20(32)29-12-5-6-17(14(8-12)21(24,25)26)33-19-16(23)7-11(9-27)10-28-19/h1-8,10H,(H2,29,30,31,32). The molecule has 1 aromatic heterocycles. The summed E-state index contributed by atoms with van der Waals surface area (Å²) in [6.45, 7) is 0. The van der Waals surface area contributed by atoms with Gasteiger partial charge in [-0.05, 0) is 36.4 Å². The fourth-order valence-electron chi connectivity index (χ4n) is 2.56. The van der Waals surface area contributed by atoms with Gasteiger partial charge in [-0.25, -0.2) is 9.78 Å². The maximum Gasteiger partial charge on any atom is 0.420 e. The Morgan fingerprint density at radius 1 is 1.06 bits per heavy atom. The van der Waals surface area contributed by atoms with Crippen LogP contribution in [0.2, 0.25) is 10.0 Å². The van der Waals surface area contributed by atoms with E-state index in [9.17, 15) is 22.8 Å². The minimum absolute atomic E-state index is 0.0147. The van der Waals surface area contributed by atoms with E-state index >= 15 is 0 Å². The first-order chi connectivity index (χ1) is 15.6. The van der Waals surface area contributed by atoms with Crippen LogP contribution in [0.25, 0.3) is 0 Å². The number of hydrogen-bond donors (Lipinski definition) is 2. The number of nitriles is 1. The van der Waals surface area contributed by atoms with Gasteiger partial charge in [0.05, 0.1) is 16.1 Å². The lowest BCUT2D eigenvalue weighted by Crippen LogP contribution is -2.34. The molecule has 0 saturated heterocycles. The molecule has 168 valence electrons. The first-order valence-corrected chi connectivity index (χ1v) is 9.65. The third-order valence-electron chi connectivity index (χ3n) is 4.03. The molecule has 3 amide bonds. The summed E-state index contributed by atoms with van der Waals surface area (Å²) in [6.07, 6.45) is -3.78. The third kappa shape index (κ3) is 5.91. The predicted octanol–water partition coefficient (Wildman–Crippen LogP) is 6.03. The quantitative estimate of drug-likeness (QED) is 0.460. The van der Waals surface area contributed by atoms with E-state index in [-0.39, 0.29) is 32.7 Å². The summed E-state index contributed by atoms with van der Waals surface area (Å²) in [6, 6.07) is 10.5. The van der Waals surface area contributed by atoms with E-state index in [4.69, 9.17) is 33.2 Å². The highest BCUT2D eigenvalue weighted by molar-refractivity contribution is 6.34. The Bertz CT molecular complexity index is 1280. The predicted molar refractivity (Wildman–Crippen MR) is 113 cm³/mol. The fraction of sp³-hybridized carbons (Fsp3) is 0.0476. The van der Waals surface area contributed by atoms with Crippen LogP contribution in [0.15, 0.2) is 54.7 Å². The molecule has 0 unspecified atom stereocenters. The van der Waals surface area contributed by atoms with Crippen molar-refractivity contribution >= 4 is 40.8 Å². The molecule has 0 saturated carbocycles. The zero-order valence-electron chi connectivity index (χ0n) is 16.2. The molecule has 7 nitrogen and oxygen atoms in total. The molecule has 0 aliphatic carbocycles. The Morgan fingerprint density at radius 3 is 2.42 bits per heavy atom. The average molecular weight is 495 g/mol. The zero-order chi connectivity index (χ0) is 24.2. The number of alkyl halides is 3. The van der Waals surface area contributed by atoms with Gasteiger partial charge >= 0.3 is 12.2 Å². The molecule has 3 aromatic rings. The number of nitrogens with one attached hydrogen (secondary N) is 2. The minimum atomic E-state index is -4.87. The second kappa shape index (κ2) is 9.77. The first-order valence-electron chi connectivity index (χ1n) is 8.90. The number of ether oxygens (including phenoxy) is 1. The van der Waals surface area contributed by atoms with Crippen LogP contribution in [0.4, 0.5) is 23.7 Å². The van der Waals surface area contributed by atoms with E-state index in [0.29, 0.717) is 6.07 Å². The van der Waals surface area contributed by atoms with Gasteiger partial charge in [-0.15, -0.1) is 0 Å². The Kier molecular flexibility index (Phi) is 7.06. The number of nitrogens with zero attached hydrogens (tertiary/aromatic N) is 2. The lowest BCUT2D eigenvalue weighted by molar-refractivity contribution is -0.138. The topological polar surface area (TPSA) is 104 Å². The average Bonchev–Trinajstić information content (AvgIpc) is 2.75. The molecule has 2 aromatic carbocycles. The van der Waals surface area contributed by atoms with Crippen LogP contribution in [0, 0.1) is 11.3 Å². The zero-order valence-corrected chi connectivity index (χ0v) is 17.7. The molecular weight excluding hydrogens is 484 g/mol. The number of hydrogen-bond acceptors (Lipinski definition) is 5. The van der Waals surface area contributed by atoms with Crippen LogP contribution in [-0.4, -0.2) is 16.9 Å². The van der Waals surface area contributed by atoms with Crippen LogP contribution >= 0.6 is 23.2 Å². The normalized spacial score (nSPS) is 10.8. The van der Waals surface area contributed by atoms with Crippen molar-refractivity contribution in [1.29, 1.82) is 5.26 Å². The van der Waals surface area contributed by atoms with Crippen molar-refractivity contribution in [2.45, 2.75) is 6.18 Å². The van der Waals surface area contributed by atoms with Gasteiger partial charge in [0.25, 0.3) is 5.91 Å². The summed E-state index contributed by atoms with van der Waals surface area (Å²) in [5, 5.41) is 12.9. The number of amides is 3. The maximum absolute atomic E-state index is 13.6. The highest BCUT2D eigenvalue weighted by Crippen LogP contribution is 2.40. The third-order valence-corrected chi connectivity index (χ3v) is 4.63. The van der Waals surface area contributed by atoms with Gasteiger partial charge in [-0.2, -0.15) is 18.4 Å². The molecule has 0 aliphatic rings. The number of aromatic nitrogens is 1. The van der Waals surface area contributed by atoms with Crippen molar-refractivity contribution in [1.82, 2.24) is 10.3 Å². The van der Waals surface area contributed by atoms with Crippen molar-refractivity contribution in [3.05, 3.63) is 81.5 Å². The number of urea groups is 1. The fourth-order valence-corrected chi connectivity index (χ4v) is 2.99. The van der Waals surface area contributed by atoms with E-state index in [1.165, 1.54) is 24.3 Å². The molecule has 12 heteroatoms. The van der Waals surface area contributed by atoms with Gasteiger partial charge in [0.2, 0.25) is 5.88 Å². The number of carbonyl (C=O) groups excluding carboxylic acids is 2. The Hall–Kier alpha value is -3.81. The Morgan fingerprint density at radius 2 is 1.79 bits per heavy atom. The number of imide groups is 1. The van der Waals surface area contributed by atoms with Crippen LogP contribution in [-0.2, 0) is 6.18 Å². The Labute approximate surface area is 194 Å². The van der Waals surface area contributed by atoms with Crippen molar-refractivity contribution in [3.8, 4) is 17.7 Å². The summed E-state index contributed by atoms with van der Waals surface area (Å²) in [5.41, 5.74) is -1.39. The van der Waals surface area contributed by atoms with E-state index in [1.54, 1.807) is 12.1 Å². The van der Waals surface area contributed by atoms with Crippen LogP contribution < -0.4 is 15.4 Å². The van der Waals surface area contributed by atoms with Gasteiger partial charge in [-0.1, -0.05) is 35.3 Å². The van der Waals surface area contributed by atoms with Crippen molar-refractivity contribution in [3.63, 3.8) is 0 Å². The van der Waals surface area contributed by atoms with Gasteiger partial charge in [0, 0.05) is 11.9 Å². The molecule has 0 aliphatic heterocycles. The van der Waals surface area contributed by atoms with Gasteiger partial charge in [0.1, 0.15) is 22.4 Å². The summed E-state index contributed by atoms with van der Waals surface area (Å²) in [4.78, 5) is 28.0. The van der Waals surface area contributed by atoms with Crippen molar-refractivity contribution in [2.24, 2.45) is 0 Å². The lowest BCUT2D eigenvalue weighted by atomic mass is 10.1. The minimum Gasteiger partial charge on any atom is -0.437 e. The molecule has 0 fully saturated rings. The molecule has 0 spiro atoms. The van der Waals surface area contributed by atoms with E-state index in [0.717, 1.165) is 18.3 Å². The van der Waals surface area contributed by atoms with Gasteiger partial charge in [0.15, 0.2) is 0 Å². The number of anilines is 1. The number of rotatable bonds is 4. The Balaban J connectivity index is 1.80. The lowest BCUT2D eigenvalue weighted by Gasteiger charge is -2.16. The summed E-state index contributed by atoms with van der Waals surface area (Å²) >= 11 is 11.8. The van der Waals surface area contributed by atoms with Gasteiger partial charge < -0.3 is 10.1 Å². The van der Waals surface area contributed by atoms with Crippen LogP contribution in [0.3, 0.4) is 0 Å². The summed E-state index contributed by atoms with van der Waals surface area (Å²) in [7, 11) is 0. The number of benzene rings is 2. The summed E-state index contributed by atoms with van der Waals surface area (Å²) in [5.74, 6) is -1.82. The molecule has 0 atom stereocenters. The maximum atomic E-state index is 13.6. The van der Waals surface area contributed by atoms with E-state index in [2.05, 4.69) is 10.3 Å². The SMILES string of the molecule is N#Cc1cnc(Oc2ccc(NC(=O)NC(=O)c3ccccc3Cl)cc2C(F)(F)F)c(Cl)c1. The van der Waals surface area contributed by atoms with Gasteiger partial charge in [-0.3, -0.25) is 10.1 Å². The molecule has 33 heavy (non-hydrogen) atoms. The molecule has 0 radical (unpaired) electrons. The molecule has 0 bridgehead atoms. The van der Waals surface area contributed by atoms with Crippen LogP contribution in [0.5, 0.6) is 11.6 Å². The molecule has 3 rings (SSSR count). The summed E-state index contributed by atoms with van der Waals surface area (Å²) < 4.78 is 46.0.